The van der Waals surface area contributed by atoms with Gasteiger partial charge in [0, 0.05) is 13.1 Å². The van der Waals surface area contributed by atoms with Crippen LogP contribution in [0.1, 0.15) is 19.3 Å². The van der Waals surface area contributed by atoms with E-state index in [2.05, 4.69) is 4.90 Å². The first-order chi connectivity index (χ1) is 6.38. The van der Waals surface area contributed by atoms with Crippen LogP contribution in [0, 0.1) is 5.82 Å². The Hall–Kier alpha value is -1.05. The normalized spacial score (nSPS) is 17.5. The highest BCUT2D eigenvalue weighted by Gasteiger charge is 2.13. The molecule has 0 atom stereocenters. The Kier molecular flexibility index (Phi) is 2.48. The van der Waals surface area contributed by atoms with E-state index in [0.29, 0.717) is 0 Å². The van der Waals surface area contributed by atoms with E-state index in [1.54, 1.807) is 6.07 Å². The number of nitrogens with zero attached hydrogens (tertiary/aromatic N) is 1. The lowest BCUT2D eigenvalue weighted by atomic mass is 10.1. The lowest BCUT2D eigenvalue weighted by Gasteiger charge is -2.28. The van der Waals surface area contributed by atoms with Gasteiger partial charge in [0.25, 0.3) is 0 Å². The maximum absolute atomic E-state index is 13.3. The Morgan fingerprint density at radius 2 is 1.69 bits per heavy atom. The van der Waals surface area contributed by atoms with E-state index in [-0.39, 0.29) is 5.82 Å². The van der Waals surface area contributed by atoms with Crippen LogP contribution in [0.2, 0.25) is 0 Å². The number of anilines is 1. The van der Waals surface area contributed by atoms with Gasteiger partial charge in [0.05, 0.1) is 5.69 Å². The van der Waals surface area contributed by atoms with Crippen LogP contribution in [-0.4, -0.2) is 13.1 Å². The molecule has 2 rings (SSSR count). The molecule has 0 bridgehead atoms. The molecule has 0 N–H and O–H groups in total. The monoisotopic (exact) mass is 179 g/mol. The summed E-state index contributed by atoms with van der Waals surface area (Å²) in [4.78, 5) is 2.14. The lowest BCUT2D eigenvalue weighted by Crippen LogP contribution is -2.30. The second kappa shape index (κ2) is 3.77. The Bertz CT molecular complexity index is 279. The third-order valence-corrected chi connectivity index (χ3v) is 2.55. The molecule has 1 heterocycles. The molecule has 1 aromatic carbocycles. The molecule has 2 heteroatoms. The predicted molar refractivity (Wildman–Crippen MR) is 52.5 cm³/mol. The van der Waals surface area contributed by atoms with Crippen molar-refractivity contribution in [2.45, 2.75) is 19.3 Å². The third-order valence-electron chi connectivity index (χ3n) is 2.55. The summed E-state index contributed by atoms with van der Waals surface area (Å²) < 4.78 is 13.3. The smallest absolute Gasteiger partial charge is 0.146 e. The van der Waals surface area contributed by atoms with Crippen molar-refractivity contribution in [3.63, 3.8) is 0 Å². The highest BCUT2D eigenvalue weighted by molar-refractivity contribution is 5.47. The maximum Gasteiger partial charge on any atom is 0.146 e. The molecule has 0 unspecified atom stereocenters. The first-order valence-corrected chi connectivity index (χ1v) is 4.87. The highest BCUT2D eigenvalue weighted by atomic mass is 19.1. The van der Waals surface area contributed by atoms with Crippen LogP contribution in [0.4, 0.5) is 10.1 Å². The molecule has 0 aromatic heterocycles. The molecule has 0 aliphatic carbocycles. The minimum atomic E-state index is -0.0931. The molecule has 0 radical (unpaired) electrons. The van der Waals surface area contributed by atoms with Crippen molar-refractivity contribution in [2.75, 3.05) is 18.0 Å². The molecule has 1 nitrogen and oxygen atoms in total. The van der Waals surface area contributed by atoms with Crippen molar-refractivity contribution in [1.29, 1.82) is 0 Å². The van der Waals surface area contributed by atoms with Crippen molar-refractivity contribution in [1.82, 2.24) is 0 Å². The minimum Gasteiger partial charge on any atom is -0.369 e. The molecule has 70 valence electrons. The molecule has 1 aliphatic heterocycles. The Balaban J connectivity index is 2.18. The first kappa shape index (κ1) is 8.54. The summed E-state index contributed by atoms with van der Waals surface area (Å²) in [7, 11) is 0. The minimum absolute atomic E-state index is 0.0931. The van der Waals surface area contributed by atoms with Gasteiger partial charge in [0.2, 0.25) is 0 Å². The molecule has 0 saturated carbocycles. The summed E-state index contributed by atoms with van der Waals surface area (Å²) in [6, 6.07) is 7.03. The Morgan fingerprint density at radius 3 is 2.38 bits per heavy atom. The number of hydrogen-bond donors (Lipinski definition) is 0. The molecule has 1 saturated heterocycles. The van der Waals surface area contributed by atoms with Gasteiger partial charge >= 0.3 is 0 Å². The zero-order valence-electron chi connectivity index (χ0n) is 7.67. The molecule has 0 spiro atoms. The van der Waals surface area contributed by atoms with Crippen LogP contribution in [-0.2, 0) is 0 Å². The van der Waals surface area contributed by atoms with Crippen LogP contribution in [0.25, 0.3) is 0 Å². The molecule has 1 aromatic rings. The zero-order chi connectivity index (χ0) is 9.10. The Morgan fingerprint density at radius 1 is 1.00 bits per heavy atom. The van der Waals surface area contributed by atoms with E-state index in [0.717, 1.165) is 18.8 Å². The summed E-state index contributed by atoms with van der Waals surface area (Å²) in [5, 5.41) is 0. The average molecular weight is 179 g/mol. The van der Waals surface area contributed by atoms with Crippen molar-refractivity contribution in [3.05, 3.63) is 30.1 Å². The van der Waals surface area contributed by atoms with Crippen molar-refractivity contribution in [3.8, 4) is 0 Å². The number of piperidine rings is 1. The van der Waals surface area contributed by atoms with Gasteiger partial charge in [-0.05, 0) is 31.4 Å². The fraction of sp³-hybridized carbons (Fsp3) is 0.455. The summed E-state index contributed by atoms with van der Waals surface area (Å²) >= 11 is 0. The van der Waals surface area contributed by atoms with E-state index in [9.17, 15) is 4.39 Å². The van der Waals surface area contributed by atoms with Crippen molar-refractivity contribution < 1.29 is 4.39 Å². The van der Waals surface area contributed by atoms with E-state index < -0.39 is 0 Å². The number of para-hydroxylation sites is 1. The van der Waals surface area contributed by atoms with E-state index >= 15 is 0 Å². The molecule has 13 heavy (non-hydrogen) atoms. The number of rotatable bonds is 1. The summed E-state index contributed by atoms with van der Waals surface area (Å²) in [6.07, 6.45) is 3.66. The van der Waals surface area contributed by atoms with Gasteiger partial charge in [-0.25, -0.2) is 4.39 Å². The summed E-state index contributed by atoms with van der Waals surface area (Å²) in [5.41, 5.74) is 0.766. The SMILES string of the molecule is Fc1ccccc1N1CCCCC1. The third kappa shape index (κ3) is 1.82. The van der Waals surface area contributed by atoms with Crippen molar-refractivity contribution in [2.24, 2.45) is 0 Å². The predicted octanol–water partition coefficient (Wildman–Crippen LogP) is 2.82. The summed E-state index contributed by atoms with van der Waals surface area (Å²) in [6.45, 7) is 2.00. The molecular weight excluding hydrogens is 165 g/mol. The maximum atomic E-state index is 13.3. The van der Waals surface area contributed by atoms with Crippen LogP contribution in [0.3, 0.4) is 0 Å². The van der Waals surface area contributed by atoms with Gasteiger partial charge in [0.1, 0.15) is 5.82 Å². The van der Waals surface area contributed by atoms with Crippen LogP contribution in [0.15, 0.2) is 24.3 Å². The number of benzene rings is 1. The zero-order valence-corrected chi connectivity index (χ0v) is 7.67. The number of hydrogen-bond acceptors (Lipinski definition) is 1. The van der Waals surface area contributed by atoms with Gasteiger partial charge in [-0.15, -0.1) is 0 Å². The van der Waals surface area contributed by atoms with Crippen LogP contribution >= 0.6 is 0 Å². The van der Waals surface area contributed by atoms with Gasteiger partial charge in [0.15, 0.2) is 0 Å². The summed E-state index contributed by atoms with van der Waals surface area (Å²) in [5.74, 6) is -0.0931. The molecular formula is C11H14FN. The van der Waals surface area contributed by atoms with Crippen LogP contribution in [0.5, 0.6) is 0 Å². The topological polar surface area (TPSA) is 3.24 Å². The second-order valence-corrected chi connectivity index (χ2v) is 3.50. The van der Waals surface area contributed by atoms with Gasteiger partial charge < -0.3 is 4.90 Å². The van der Waals surface area contributed by atoms with Crippen molar-refractivity contribution >= 4 is 5.69 Å². The lowest BCUT2D eigenvalue weighted by molar-refractivity contribution is 0.557. The average Bonchev–Trinajstić information content (AvgIpc) is 2.20. The first-order valence-electron chi connectivity index (χ1n) is 4.87. The fourth-order valence-corrected chi connectivity index (χ4v) is 1.84. The molecule has 1 aliphatic rings. The van der Waals surface area contributed by atoms with Gasteiger partial charge in [-0.1, -0.05) is 12.1 Å². The highest BCUT2D eigenvalue weighted by Crippen LogP contribution is 2.22. The number of halogens is 1. The standard InChI is InChI=1S/C11H14FN/c12-10-6-2-3-7-11(10)13-8-4-1-5-9-13/h2-3,6-7H,1,4-5,8-9H2. The fourth-order valence-electron chi connectivity index (χ4n) is 1.84. The largest absolute Gasteiger partial charge is 0.369 e. The van der Waals surface area contributed by atoms with Gasteiger partial charge in [-0.2, -0.15) is 0 Å². The second-order valence-electron chi connectivity index (χ2n) is 3.50. The van der Waals surface area contributed by atoms with Crippen LogP contribution < -0.4 is 4.90 Å². The van der Waals surface area contributed by atoms with E-state index in [4.69, 9.17) is 0 Å². The van der Waals surface area contributed by atoms with E-state index in [1.165, 1.54) is 25.3 Å². The Labute approximate surface area is 78.2 Å². The molecule has 0 amide bonds. The van der Waals surface area contributed by atoms with E-state index in [1.807, 2.05) is 12.1 Å². The quantitative estimate of drug-likeness (QED) is 0.640. The van der Waals surface area contributed by atoms with Gasteiger partial charge in [-0.3, -0.25) is 0 Å². The molecule has 1 fully saturated rings.